The van der Waals surface area contributed by atoms with E-state index in [2.05, 4.69) is 167 Å². The first-order valence-corrected chi connectivity index (χ1v) is 16.9. The van der Waals surface area contributed by atoms with E-state index in [1.807, 2.05) is 26.0 Å². The molecule has 2 heteroatoms. The van der Waals surface area contributed by atoms with Gasteiger partial charge in [-0.15, -0.1) is 0 Å². The third-order valence-corrected chi connectivity index (χ3v) is 10.3. The second-order valence-electron chi connectivity index (χ2n) is 13.8. The molecule has 5 aromatic rings. The van der Waals surface area contributed by atoms with E-state index in [0.29, 0.717) is 0 Å². The molecule has 5 aromatic carbocycles. The number of rotatable bonds is 5. The van der Waals surface area contributed by atoms with Gasteiger partial charge in [0, 0.05) is 34.8 Å². The Morgan fingerprint density at radius 1 is 0.660 bits per heavy atom. The highest BCUT2D eigenvalue weighted by Crippen LogP contribution is 2.61. The SMILES string of the molecule is C/C=C\C.C=C(CC)c1ccccc1N(C)c1ccc2c(c1)C(C)(C)c1cc(-c3ccccc3)cc3c1N2c1ccccc1C3(C)C. The van der Waals surface area contributed by atoms with Gasteiger partial charge in [-0.3, -0.25) is 0 Å². The lowest BCUT2D eigenvalue weighted by molar-refractivity contribution is 0.598. The monoisotopic (exact) mass is 616 g/mol. The van der Waals surface area contributed by atoms with Crippen molar-refractivity contribution in [3.63, 3.8) is 0 Å². The fourth-order valence-electron chi connectivity index (χ4n) is 7.31. The van der Waals surface area contributed by atoms with Crippen LogP contribution in [0.1, 0.15) is 82.7 Å². The number of anilines is 5. The maximum Gasteiger partial charge on any atom is 0.0544 e. The zero-order valence-electron chi connectivity index (χ0n) is 29.4. The molecule has 0 bridgehead atoms. The van der Waals surface area contributed by atoms with Gasteiger partial charge in [-0.05, 0) is 102 Å². The summed E-state index contributed by atoms with van der Waals surface area (Å²) in [5.41, 5.74) is 16.2. The van der Waals surface area contributed by atoms with Gasteiger partial charge < -0.3 is 9.80 Å². The van der Waals surface area contributed by atoms with E-state index in [4.69, 9.17) is 0 Å². The van der Waals surface area contributed by atoms with Crippen LogP contribution >= 0.6 is 0 Å². The Hall–Kier alpha value is -4.82. The van der Waals surface area contributed by atoms with Crippen molar-refractivity contribution in [2.24, 2.45) is 0 Å². The van der Waals surface area contributed by atoms with Crippen molar-refractivity contribution in [1.29, 1.82) is 0 Å². The molecule has 47 heavy (non-hydrogen) atoms. The van der Waals surface area contributed by atoms with Gasteiger partial charge in [-0.2, -0.15) is 0 Å². The third-order valence-electron chi connectivity index (χ3n) is 10.3. The minimum atomic E-state index is -0.216. The molecular formula is C45H48N2. The van der Waals surface area contributed by atoms with Crippen LogP contribution in [0.5, 0.6) is 0 Å². The minimum absolute atomic E-state index is 0.138. The van der Waals surface area contributed by atoms with E-state index in [1.54, 1.807) is 0 Å². The molecule has 0 amide bonds. The number of allylic oxidation sites excluding steroid dienone is 3. The fraction of sp³-hybridized carbons (Fsp3) is 0.244. The molecule has 2 heterocycles. The van der Waals surface area contributed by atoms with Crippen molar-refractivity contribution in [2.45, 2.75) is 65.7 Å². The Kier molecular flexibility index (Phi) is 8.49. The van der Waals surface area contributed by atoms with Crippen LogP contribution in [0.4, 0.5) is 28.4 Å². The number of para-hydroxylation sites is 2. The molecule has 2 aliphatic heterocycles. The van der Waals surface area contributed by atoms with Crippen molar-refractivity contribution < 1.29 is 0 Å². The summed E-state index contributed by atoms with van der Waals surface area (Å²) in [6.07, 6.45) is 4.93. The van der Waals surface area contributed by atoms with Gasteiger partial charge in [0.1, 0.15) is 0 Å². The van der Waals surface area contributed by atoms with Crippen LogP contribution in [0.15, 0.2) is 128 Å². The average Bonchev–Trinajstić information content (AvgIpc) is 3.11. The van der Waals surface area contributed by atoms with Gasteiger partial charge in [0.2, 0.25) is 0 Å². The van der Waals surface area contributed by atoms with Crippen LogP contribution in [-0.2, 0) is 10.8 Å². The molecule has 2 nitrogen and oxygen atoms in total. The standard InChI is InChI=1S/C41H40N2.C4H8/c1-8-27(2)31-18-12-14-20-36(31)42(7)30-22-23-38-33(26-30)41(5,6)35-25-29(28-16-10-9-11-17-28)24-34-39(35)43(38)37-21-15-13-19-32(37)40(34,3)4;1-3-4-2/h9-26H,2,8H2,1,3-7H3;3-4H,1-2H3/b;4-3-. The molecular weight excluding hydrogens is 569 g/mol. The van der Waals surface area contributed by atoms with Gasteiger partial charge in [0.25, 0.3) is 0 Å². The van der Waals surface area contributed by atoms with Crippen LogP contribution in [0.2, 0.25) is 0 Å². The molecule has 2 aliphatic rings. The molecule has 7 rings (SSSR count). The molecule has 0 saturated carbocycles. The molecule has 0 aliphatic carbocycles. The maximum absolute atomic E-state index is 4.37. The highest BCUT2D eigenvalue weighted by atomic mass is 15.2. The summed E-state index contributed by atoms with van der Waals surface area (Å²) in [5.74, 6) is 0. The van der Waals surface area contributed by atoms with Crippen LogP contribution < -0.4 is 9.80 Å². The Balaban J connectivity index is 0.000000915. The van der Waals surface area contributed by atoms with E-state index < -0.39 is 0 Å². The van der Waals surface area contributed by atoms with Crippen molar-refractivity contribution in [3.8, 4) is 11.1 Å². The van der Waals surface area contributed by atoms with Crippen molar-refractivity contribution in [1.82, 2.24) is 0 Å². The fourth-order valence-corrected chi connectivity index (χ4v) is 7.31. The lowest BCUT2D eigenvalue weighted by Crippen LogP contribution is -2.38. The zero-order valence-corrected chi connectivity index (χ0v) is 29.4. The van der Waals surface area contributed by atoms with Crippen LogP contribution in [0.3, 0.4) is 0 Å². The lowest BCUT2D eigenvalue weighted by Gasteiger charge is -2.50. The predicted octanol–water partition coefficient (Wildman–Crippen LogP) is 12.9. The largest absolute Gasteiger partial charge is 0.344 e. The number of nitrogens with zero attached hydrogens (tertiary/aromatic N) is 2. The van der Waals surface area contributed by atoms with Gasteiger partial charge in [-0.1, -0.05) is 120 Å². The topological polar surface area (TPSA) is 6.48 Å². The first-order chi connectivity index (χ1) is 22.6. The first kappa shape index (κ1) is 32.1. The number of fused-ring (bicyclic) bond motifs is 4. The van der Waals surface area contributed by atoms with Gasteiger partial charge in [0.05, 0.1) is 17.1 Å². The Morgan fingerprint density at radius 3 is 1.89 bits per heavy atom. The summed E-state index contributed by atoms with van der Waals surface area (Å²) in [6.45, 7) is 20.1. The highest BCUT2D eigenvalue weighted by molar-refractivity contribution is 5.95. The maximum atomic E-state index is 4.37. The van der Waals surface area contributed by atoms with Crippen molar-refractivity contribution in [3.05, 3.63) is 156 Å². The molecule has 0 radical (unpaired) electrons. The number of hydrogen-bond donors (Lipinski definition) is 0. The summed E-state index contributed by atoms with van der Waals surface area (Å²) in [6, 6.07) is 40.4. The number of hydrogen-bond acceptors (Lipinski definition) is 2. The normalized spacial score (nSPS) is 14.8. The van der Waals surface area contributed by atoms with E-state index in [0.717, 1.165) is 12.0 Å². The van der Waals surface area contributed by atoms with Crippen molar-refractivity contribution >= 4 is 34.0 Å². The van der Waals surface area contributed by atoms with E-state index >= 15 is 0 Å². The number of benzene rings is 5. The van der Waals surface area contributed by atoms with Gasteiger partial charge in [0.15, 0.2) is 0 Å². The summed E-state index contributed by atoms with van der Waals surface area (Å²) in [7, 11) is 2.18. The smallest absolute Gasteiger partial charge is 0.0544 e. The summed E-state index contributed by atoms with van der Waals surface area (Å²) in [5, 5.41) is 0. The molecule has 0 unspecified atom stereocenters. The highest BCUT2D eigenvalue weighted by Gasteiger charge is 2.45. The average molecular weight is 617 g/mol. The van der Waals surface area contributed by atoms with Crippen LogP contribution in [-0.4, -0.2) is 7.05 Å². The predicted molar refractivity (Wildman–Crippen MR) is 205 cm³/mol. The lowest BCUT2D eigenvalue weighted by atomic mass is 9.65. The molecule has 0 aromatic heterocycles. The molecule has 0 fully saturated rings. The van der Waals surface area contributed by atoms with E-state index in [-0.39, 0.29) is 10.8 Å². The van der Waals surface area contributed by atoms with Crippen LogP contribution in [0.25, 0.3) is 16.7 Å². The molecule has 0 atom stereocenters. The third kappa shape index (κ3) is 5.30. The van der Waals surface area contributed by atoms with Crippen LogP contribution in [0, 0.1) is 0 Å². The Morgan fingerprint density at radius 2 is 1.23 bits per heavy atom. The second kappa shape index (κ2) is 12.4. The van der Waals surface area contributed by atoms with E-state index in [9.17, 15) is 0 Å². The molecule has 0 saturated heterocycles. The molecule has 0 spiro atoms. The van der Waals surface area contributed by atoms with Gasteiger partial charge in [-0.25, -0.2) is 0 Å². The van der Waals surface area contributed by atoms with E-state index in [1.165, 1.54) is 67.4 Å². The Bertz CT molecular complexity index is 1970. The molecule has 0 N–H and O–H groups in total. The zero-order chi connectivity index (χ0) is 33.5. The van der Waals surface area contributed by atoms with Gasteiger partial charge >= 0.3 is 0 Å². The summed E-state index contributed by atoms with van der Waals surface area (Å²) >= 11 is 0. The first-order valence-electron chi connectivity index (χ1n) is 16.9. The minimum Gasteiger partial charge on any atom is -0.344 e. The second-order valence-corrected chi connectivity index (χ2v) is 13.8. The quantitative estimate of drug-likeness (QED) is 0.181. The Labute approximate surface area is 282 Å². The van der Waals surface area contributed by atoms with Crippen molar-refractivity contribution in [2.75, 3.05) is 16.8 Å². The summed E-state index contributed by atoms with van der Waals surface area (Å²) < 4.78 is 0. The molecule has 238 valence electrons. The summed E-state index contributed by atoms with van der Waals surface area (Å²) in [4.78, 5) is 4.86.